The molecule has 2 aromatic heterocycles. The van der Waals surface area contributed by atoms with Gasteiger partial charge >= 0.3 is 0 Å². The molecule has 3 aromatic rings. The van der Waals surface area contributed by atoms with Crippen molar-refractivity contribution in [1.29, 1.82) is 0 Å². The van der Waals surface area contributed by atoms with Crippen LogP contribution in [-0.2, 0) is 13.0 Å². The molecular weight excluding hydrogens is 288 g/mol. The zero-order chi connectivity index (χ0) is 15.6. The van der Waals surface area contributed by atoms with E-state index in [0.717, 1.165) is 30.2 Å². The van der Waals surface area contributed by atoms with Gasteiger partial charge in [0, 0.05) is 11.7 Å². The Morgan fingerprint density at radius 3 is 3.00 bits per heavy atom. The quantitative estimate of drug-likeness (QED) is 0.800. The summed E-state index contributed by atoms with van der Waals surface area (Å²) in [5.41, 5.74) is 3.77. The summed E-state index contributed by atoms with van der Waals surface area (Å²) in [4.78, 5) is 4.48. The van der Waals surface area contributed by atoms with Crippen molar-refractivity contribution in [1.82, 2.24) is 30.5 Å². The number of hydrogen-bond acceptors (Lipinski definition) is 5. The van der Waals surface area contributed by atoms with Gasteiger partial charge in [0.05, 0.1) is 6.54 Å². The molecule has 2 heterocycles. The van der Waals surface area contributed by atoms with Crippen LogP contribution in [0.1, 0.15) is 35.1 Å². The summed E-state index contributed by atoms with van der Waals surface area (Å²) in [5.74, 6) is 1.52. The minimum atomic E-state index is 0.363. The molecule has 4 rings (SSSR count). The molecule has 0 aliphatic heterocycles. The van der Waals surface area contributed by atoms with Crippen LogP contribution in [0.5, 0.6) is 0 Å². The van der Waals surface area contributed by atoms with Crippen molar-refractivity contribution in [3.8, 4) is 5.82 Å². The average Bonchev–Trinajstić information content (AvgIpc) is 3.20. The molecule has 0 fully saturated rings. The maximum atomic E-state index is 4.48. The molecule has 6 heteroatoms. The van der Waals surface area contributed by atoms with Crippen LogP contribution in [0.25, 0.3) is 5.82 Å². The number of fused-ring (bicyclic) bond motifs is 1. The van der Waals surface area contributed by atoms with Crippen LogP contribution in [0, 0.1) is 6.92 Å². The van der Waals surface area contributed by atoms with E-state index in [0.29, 0.717) is 12.6 Å². The number of aryl methyl sites for hydroxylation is 2. The van der Waals surface area contributed by atoms with Crippen molar-refractivity contribution in [2.45, 2.75) is 32.4 Å². The van der Waals surface area contributed by atoms with E-state index in [1.807, 2.05) is 25.1 Å². The van der Waals surface area contributed by atoms with E-state index in [1.54, 1.807) is 4.68 Å². The van der Waals surface area contributed by atoms with E-state index in [1.165, 1.54) is 11.1 Å². The maximum absolute atomic E-state index is 4.48. The van der Waals surface area contributed by atoms with E-state index in [9.17, 15) is 0 Å². The van der Waals surface area contributed by atoms with Gasteiger partial charge in [-0.05, 0) is 53.5 Å². The molecule has 0 amide bonds. The van der Waals surface area contributed by atoms with Crippen LogP contribution in [0.4, 0.5) is 0 Å². The number of benzene rings is 1. The first kappa shape index (κ1) is 14.0. The highest BCUT2D eigenvalue weighted by Gasteiger charge is 2.22. The number of aromatic nitrogens is 5. The van der Waals surface area contributed by atoms with Crippen molar-refractivity contribution in [2.75, 3.05) is 0 Å². The van der Waals surface area contributed by atoms with E-state index in [-0.39, 0.29) is 0 Å². The fourth-order valence-electron chi connectivity index (χ4n) is 3.12. The van der Waals surface area contributed by atoms with Crippen LogP contribution in [0.2, 0.25) is 0 Å². The first-order valence-electron chi connectivity index (χ1n) is 7.84. The Morgan fingerprint density at radius 2 is 2.09 bits per heavy atom. The Hall–Kier alpha value is -2.60. The van der Waals surface area contributed by atoms with E-state index in [4.69, 9.17) is 0 Å². The van der Waals surface area contributed by atoms with Gasteiger partial charge in [0.15, 0.2) is 11.6 Å². The molecule has 23 heavy (non-hydrogen) atoms. The summed E-state index contributed by atoms with van der Waals surface area (Å²) in [6.07, 6.45) is 2.24. The van der Waals surface area contributed by atoms with Crippen LogP contribution in [-0.4, -0.2) is 25.2 Å². The predicted molar refractivity (Wildman–Crippen MR) is 86.0 cm³/mol. The Morgan fingerprint density at radius 1 is 1.17 bits per heavy atom. The molecule has 0 radical (unpaired) electrons. The summed E-state index contributed by atoms with van der Waals surface area (Å²) in [6, 6.07) is 14.8. The average molecular weight is 306 g/mol. The molecule has 116 valence electrons. The summed E-state index contributed by atoms with van der Waals surface area (Å²) in [5, 5.41) is 15.6. The number of tetrazole rings is 1. The maximum Gasteiger partial charge on any atom is 0.172 e. The summed E-state index contributed by atoms with van der Waals surface area (Å²) in [6.45, 7) is 2.57. The zero-order valence-corrected chi connectivity index (χ0v) is 13.0. The van der Waals surface area contributed by atoms with Gasteiger partial charge in [-0.15, -0.1) is 5.10 Å². The standard InChI is InChI=1S/C17H18N6/c1-12-5-4-8-16(19-12)23-17(20-21-22-23)11-18-15-10-9-13-6-2-3-7-14(13)15/h2-8,15,18H,9-11H2,1H3. The highest BCUT2D eigenvalue weighted by atomic mass is 15.6. The molecule has 1 aliphatic carbocycles. The monoisotopic (exact) mass is 306 g/mol. The van der Waals surface area contributed by atoms with Crippen molar-refractivity contribution in [2.24, 2.45) is 0 Å². The van der Waals surface area contributed by atoms with Gasteiger partial charge in [-0.1, -0.05) is 30.3 Å². The molecule has 1 unspecified atom stereocenters. The number of rotatable bonds is 4. The number of nitrogens with one attached hydrogen (secondary N) is 1. The minimum absolute atomic E-state index is 0.363. The van der Waals surface area contributed by atoms with Crippen LogP contribution >= 0.6 is 0 Å². The molecule has 1 aliphatic rings. The molecule has 0 saturated carbocycles. The van der Waals surface area contributed by atoms with E-state index < -0.39 is 0 Å². The van der Waals surface area contributed by atoms with Crippen LogP contribution < -0.4 is 5.32 Å². The minimum Gasteiger partial charge on any atom is -0.303 e. The second-order valence-corrected chi connectivity index (χ2v) is 5.82. The number of pyridine rings is 1. The fourth-order valence-corrected chi connectivity index (χ4v) is 3.12. The summed E-state index contributed by atoms with van der Waals surface area (Å²) < 4.78 is 1.70. The van der Waals surface area contributed by atoms with Crippen molar-refractivity contribution in [3.05, 3.63) is 65.1 Å². The lowest BCUT2D eigenvalue weighted by atomic mass is 10.1. The number of hydrogen-bond donors (Lipinski definition) is 1. The van der Waals surface area contributed by atoms with Gasteiger partial charge in [0.1, 0.15) is 0 Å². The third-order valence-electron chi connectivity index (χ3n) is 4.26. The second kappa shape index (κ2) is 5.89. The highest BCUT2D eigenvalue weighted by Crippen LogP contribution is 2.30. The van der Waals surface area contributed by atoms with Gasteiger partial charge in [-0.3, -0.25) is 0 Å². The fraction of sp³-hybridized carbons (Fsp3) is 0.294. The first-order valence-corrected chi connectivity index (χ1v) is 7.84. The van der Waals surface area contributed by atoms with Crippen LogP contribution in [0.3, 0.4) is 0 Å². The van der Waals surface area contributed by atoms with Gasteiger partial charge in [-0.2, -0.15) is 4.68 Å². The van der Waals surface area contributed by atoms with Crippen LogP contribution in [0.15, 0.2) is 42.5 Å². The van der Waals surface area contributed by atoms with E-state index in [2.05, 4.69) is 50.1 Å². The second-order valence-electron chi connectivity index (χ2n) is 5.82. The van der Waals surface area contributed by atoms with Crippen molar-refractivity contribution in [3.63, 3.8) is 0 Å². The SMILES string of the molecule is Cc1cccc(-n2nnnc2CNC2CCc3ccccc32)n1. The molecule has 1 atom stereocenters. The Balaban J connectivity index is 1.52. The molecule has 0 spiro atoms. The summed E-state index contributed by atoms with van der Waals surface area (Å²) >= 11 is 0. The third kappa shape index (κ3) is 2.73. The molecule has 1 N–H and O–H groups in total. The normalized spacial score (nSPS) is 16.5. The molecule has 0 saturated heterocycles. The lowest BCUT2D eigenvalue weighted by molar-refractivity contribution is 0.512. The Labute approximate surface area is 134 Å². The zero-order valence-electron chi connectivity index (χ0n) is 13.0. The molecule has 0 bridgehead atoms. The lowest BCUT2D eigenvalue weighted by Crippen LogP contribution is -2.21. The molecule has 6 nitrogen and oxygen atoms in total. The molecule has 1 aromatic carbocycles. The first-order chi connectivity index (χ1) is 11.3. The predicted octanol–water partition coefficient (Wildman–Crippen LogP) is 2.14. The summed E-state index contributed by atoms with van der Waals surface area (Å²) in [7, 11) is 0. The smallest absolute Gasteiger partial charge is 0.172 e. The van der Waals surface area contributed by atoms with E-state index >= 15 is 0 Å². The largest absolute Gasteiger partial charge is 0.303 e. The third-order valence-corrected chi connectivity index (χ3v) is 4.26. The van der Waals surface area contributed by atoms with Crippen molar-refractivity contribution < 1.29 is 0 Å². The lowest BCUT2D eigenvalue weighted by Gasteiger charge is -2.13. The van der Waals surface area contributed by atoms with Crippen molar-refractivity contribution >= 4 is 0 Å². The topological polar surface area (TPSA) is 68.5 Å². The van der Waals surface area contributed by atoms with Gasteiger partial charge in [0.25, 0.3) is 0 Å². The van der Waals surface area contributed by atoms with Gasteiger partial charge in [0.2, 0.25) is 0 Å². The van der Waals surface area contributed by atoms with Gasteiger partial charge < -0.3 is 5.32 Å². The number of nitrogens with zero attached hydrogens (tertiary/aromatic N) is 5. The molecular formula is C17H18N6. The Kier molecular flexibility index (Phi) is 3.59. The van der Waals surface area contributed by atoms with Gasteiger partial charge in [-0.25, -0.2) is 4.98 Å². The highest BCUT2D eigenvalue weighted by molar-refractivity contribution is 5.34. The Bertz CT molecular complexity index is 825.